The summed E-state index contributed by atoms with van der Waals surface area (Å²) in [6.45, 7) is 3.60. The summed E-state index contributed by atoms with van der Waals surface area (Å²) in [4.78, 5) is 18.9. The first kappa shape index (κ1) is 15.2. The van der Waals surface area contributed by atoms with Gasteiger partial charge in [-0.1, -0.05) is 0 Å². The highest BCUT2D eigenvalue weighted by Crippen LogP contribution is 2.42. The Morgan fingerprint density at radius 2 is 2.38 bits per heavy atom. The van der Waals surface area contributed by atoms with E-state index in [9.17, 15) is 4.79 Å². The zero-order chi connectivity index (χ0) is 16.4. The van der Waals surface area contributed by atoms with Crippen LogP contribution in [0.1, 0.15) is 12.2 Å². The van der Waals surface area contributed by atoms with Gasteiger partial charge in [-0.3, -0.25) is 14.7 Å². The second-order valence-corrected chi connectivity index (χ2v) is 6.60. The maximum Gasteiger partial charge on any atom is 0.228 e. The van der Waals surface area contributed by atoms with Crippen molar-refractivity contribution in [2.75, 3.05) is 26.2 Å². The molecule has 0 saturated carbocycles. The van der Waals surface area contributed by atoms with Crippen LogP contribution < -0.4 is 10.1 Å². The molecule has 0 unspecified atom stereocenters. The molecule has 1 spiro atoms. The lowest BCUT2D eigenvalue weighted by atomic mass is 9.77. The first-order valence-electron chi connectivity index (χ1n) is 8.32. The molecule has 2 saturated heterocycles. The first-order chi connectivity index (χ1) is 11.8. The number of ether oxygens (including phenoxy) is 1. The molecule has 2 aromatic heterocycles. The summed E-state index contributed by atoms with van der Waals surface area (Å²) >= 11 is 0. The topological polar surface area (TPSA) is 67.6 Å². The number of aromatic nitrogens is 1. The van der Waals surface area contributed by atoms with Crippen LogP contribution in [-0.4, -0.2) is 42.0 Å². The zero-order valence-corrected chi connectivity index (χ0v) is 13.5. The Kier molecular flexibility index (Phi) is 3.98. The molecule has 0 radical (unpaired) electrons. The van der Waals surface area contributed by atoms with Gasteiger partial charge in [0.2, 0.25) is 5.91 Å². The number of nitrogens with zero attached hydrogens (tertiary/aromatic N) is 2. The molecule has 2 aliphatic rings. The van der Waals surface area contributed by atoms with E-state index in [4.69, 9.17) is 9.15 Å². The summed E-state index contributed by atoms with van der Waals surface area (Å²) < 4.78 is 11.3. The summed E-state index contributed by atoms with van der Waals surface area (Å²) in [5.41, 5.74) is -0.352. The summed E-state index contributed by atoms with van der Waals surface area (Å²) in [5, 5.41) is 3.03. The van der Waals surface area contributed by atoms with E-state index in [1.165, 1.54) is 0 Å². The third kappa shape index (κ3) is 2.78. The van der Waals surface area contributed by atoms with Gasteiger partial charge in [-0.05, 0) is 37.2 Å². The molecule has 2 atom stereocenters. The Labute approximate surface area is 140 Å². The van der Waals surface area contributed by atoms with E-state index in [0.29, 0.717) is 13.2 Å². The van der Waals surface area contributed by atoms with Gasteiger partial charge >= 0.3 is 0 Å². The second-order valence-electron chi connectivity index (χ2n) is 6.60. The summed E-state index contributed by atoms with van der Waals surface area (Å²) in [7, 11) is 0. The van der Waals surface area contributed by atoms with Crippen molar-refractivity contribution in [2.24, 2.45) is 11.3 Å². The molecule has 0 aromatic carbocycles. The molecule has 1 amide bonds. The normalized spacial score (nSPS) is 26.8. The predicted molar refractivity (Wildman–Crippen MR) is 87.3 cm³/mol. The highest BCUT2D eigenvalue weighted by atomic mass is 16.5. The van der Waals surface area contributed by atoms with E-state index in [1.807, 2.05) is 24.3 Å². The van der Waals surface area contributed by atoms with Gasteiger partial charge in [0.25, 0.3) is 0 Å². The third-order valence-electron chi connectivity index (χ3n) is 5.17. The molecule has 126 valence electrons. The van der Waals surface area contributed by atoms with Crippen LogP contribution in [0.2, 0.25) is 0 Å². The van der Waals surface area contributed by atoms with Crippen LogP contribution in [-0.2, 0) is 11.3 Å². The number of likely N-dealkylation sites (tertiary alicyclic amines) is 1. The minimum atomic E-state index is -0.352. The monoisotopic (exact) mass is 327 g/mol. The van der Waals surface area contributed by atoms with Gasteiger partial charge in [0.15, 0.2) is 0 Å². The average molecular weight is 327 g/mol. The average Bonchev–Trinajstić information content (AvgIpc) is 3.32. The maximum atomic E-state index is 12.5. The predicted octanol–water partition coefficient (Wildman–Crippen LogP) is 1.69. The number of hydrogen-bond donors (Lipinski definition) is 1. The number of rotatable bonds is 5. The van der Waals surface area contributed by atoms with E-state index in [0.717, 1.165) is 37.6 Å². The fourth-order valence-electron chi connectivity index (χ4n) is 3.81. The highest BCUT2D eigenvalue weighted by Gasteiger charge is 2.54. The Morgan fingerprint density at radius 3 is 3.17 bits per heavy atom. The number of carbonyl (C=O) groups is 1. The number of amides is 1. The molecular weight excluding hydrogens is 306 g/mol. The number of pyridine rings is 1. The first-order valence-corrected chi connectivity index (χ1v) is 8.32. The standard InChI is InChI=1S/C18H21N3O3/c22-17-18(5-7-21(13-18)11-16-4-2-8-23-16)14(9-20-17)12-24-15-3-1-6-19-10-15/h1-4,6,8,10,14H,5,7,9,11-13H2,(H,20,22)/t14-,18-/m0/s1. The number of hydrogen-bond acceptors (Lipinski definition) is 5. The van der Waals surface area contributed by atoms with Gasteiger partial charge in [-0.25, -0.2) is 0 Å². The number of carbonyl (C=O) groups excluding carboxylic acids is 1. The fraction of sp³-hybridized carbons (Fsp3) is 0.444. The minimum absolute atomic E-state index is 0.157. The van der Waals surface area contributed by atoms with Crippen LogP contribution in [0, 0.1) is 11.3 Å². The third-order valence-corrected chi connectivity index (χ3v) is 5.17. The van der Waals surface area contributed by atoms with Crippen LogP contribution in [0.5, 0.6) is 5.75 Å². The smallest absolute Gasteiger partial charge is 0.228 e. The Morgan fingerprint density at radius 1 is 1.42 bits per heavy atom. The van der Waals surface area contributed by atoms with Crippen LogP contribution in [0.3, 0.4) is 0 Å². The molecule has 6 heteroatoms. The molecule has 4 rings (SSSR count). The van der Waals surface area contributed by atoms with Crippen LogP contribution >= 0.6 is 0 Å². The molecule has 6 nitrogen and oxygen atoms in total. The van der Waals surface area contributed by atoms with E-state index in [2.05, 4.69) is 15.2 Å². The van der Waals surface area contributed by atoms with Gasteiger partial charge in [0.05, 0.1) is 31.0 Å². The van der Waals surface area contributed by atoms with Crippen LogP contribution in [0.4, 0.5) is 0 Å². The number of furan rings is 1. The maximum absolute atomic E-state index is 12.5. The molecule has 2 fully saturated rings. The van der Waals surface area contributed by atoms with Gasteiger partial charge in [0.1, 0.15) is 11.5 Å². The van der Waals surface area contributed by atoms with Gasteiger partial charge < -0.3 is 14.5 Å². The molecule has 2 aromatic rings. The van der Waals surface area contributed by atoms with Crippen molar-refractivity contribution in [2.45, 2.75) is 13.0 Å². The van der Waals surface area contributed by atoms with Crippen molar-refractivity contribution in [3.05, 3.63) is 48.7 Å². The largest absolute Gasteiger partial charge is 0.492 e. The Bertz CT molecular complexity index is 689. The van der Waals surface area contributed by atoms with Gasteiger partial charge in [-0.15, -0.1) is 0 Å². The van der Waals surface area contributed by atoms with Crippen molar-refractivity contribution in [3.63, 3.8) is 0 Å². The van der Waals surface area contributed by atoms with Crippen molar-refractivity contribution in [3.8, 4) is 5.75 Å². The zero-order valence-electron chi connectivity index (χ0n) is 13.5. The SMILES string of the molecule is O=C1NC[C@@H](COc2cccnc2)[C@@]12CCN(Cc1ccco1)C2. The molecule has 1 N–H and O–H groups in total. The van der Waals surface area contributed by atoms with Crippen molar-refractivity contribution < 1.29 is 13.9 Å². The van der Waals surface area contributed by atoms with E-state index >= 15 is 0 Å². The van der Waals surface area contributed by atoms with Crippen molar-refractivity contribution in [1.82, 2.24) is 15.2 Å². The lowest BCUT2D eigenvalue weighted by molar-refractivity contribution is -0.128. The van der Waals surface area contributed by atoms with Gasteiger partial charge in [0, 0.05) is 25.2 Å². The van der Waals surface area contributed by atoms with Crippen molar-refractivity contribution in [1.29, 1.82) is 0 Å². The Balaban J connectivity index is 1.43. The quantitative estimate of drug-likeness (QED) is 0.905. The lowest BCUT2D eigenvalue weighted by Gasteiger charge is -2.28. The summed E-state index contributed by atoms with van der Waals surface area (Å²) in [5.74, 6) is 2.02. The molecule has 0 bridgehead atoms. The highest BCUT2D eigenvalue weighted by molar-refractivity contribution is 5.86. The van der Waals surface area contributed by atoms with E-state index in [-0.39, 0.29) is 17.2 Å². The lowest BCUT2D eigenvalue weighted by Crippen LogP contribution is -2.40. The fourth-order valence-corrected chi connectivity index (χ4v) is 3.81. The number of nitrogens with one attached hydrogen (secondary N) is 1. The second kappa shape index (κ2) is 6.28. The molecular formula is C18H21N3O3. The van der Waals surface area contributed by atoms with Crippen molar-refractivity contribution >= 4 is 5.91 Å². The summed E-state index contributed by atoms with van der Waals surface area (Å²) in [6.07, 6.45) is 5.97. The van der Waals surface area contributed by atoms with Crippen LogP contribution in [0.25, 0.3) is 0 Å². The molecule has 0 aliphatic carbocycles. The minimum Gasteiger partial charge on any atom is -0.492 e. The molecule has 4 heterocycles. The Hall–Kier alpha value is -2.34. The van der Waals surface area contributed by atoms with E-state index < -0.39 is 0 Å². The van der Waals surface area contributed by atoms with E-state index in [1.54, 1.807) is 18.7 Å². The van der Waals surface area contributed by atoms with Crippen LogP contribution in [0.15, 0.2) is 47.3 Å². The molecule has 24 heavy (non-hydrogen) atoms. The molecule has 2 aliphatic heterocycles. The van der Waals surface area contributed by atoms with Gasteiger partial charge in [-0.2, -0.15) is 0 Å². The summed E-state index contributed by atoms with van der Waals surface area (Å²) in [6, 6.07) is 7.61.